The smallest absolute Gasteiger partial charge is 0.309 e. The van der Waals surface area contributed by atoms with E-state index in [0.717, 1.165) is 12.8 Å². The van der Waals surface area contributed by atoms with Crippen LogP contribution in [-0.4, -0.2) is 28.4 Å². The molecule has 22 heavy (non-hydrogen) atoms. The van der Waals surface area contributed by atoms with Crippen molar-refractivity contribution in [2.75, 3.05) is 28.4 Å². The average molecular weight is 354 g/mol. The maximum atomic E-state index is 12.9. The van der Waals surface area contributed by atoms with Crippen molar-refractivity contribution in [1.82, 2.24) is 0 Å². The van der Waals surface area contributed by atoms with Crippen LogP contribution in [0.2, 0.25) is 0 Å². The molecular formula is C14H28O6P2. The van der Waals surface area contributed by atoms with Gasteiger partial charge in [0.05, 0.1) is 10.6 Å². The maximum absolute atomic E-state index is 12.9. The van der Waals surface area contributed by atoms with Gasteiger partial charge in [0.15, 0.2) is 0 Å². The van der Waals surface area contributed by atoms with Crippen LogP contribution in [0.15, 0.2) is 22.8 Å². The molecule has 0 saturated heterocycles. The zero-order chi connectivity index (χ0) is 17.2. The minimum absolute atomic E-state index is 0.250. The van der Waals surface area contributed by atoms with Gasteiger partial charge in [-0.05, 0) is 12.8 Å². The molecule has 0 aliphatic rings. The summed E-state index contributed by atoms with van der Waals surface area (Å²) in [5, 5.41) is 0.500. The van der Waals surface area contributed by atoms with E-state index >= 15 is 0 Å². The minimum atomic E-state index is -3.58. The summed E-state index contributed by atoms with van der Waals surface area (Å²) in [4.78, 5) is 0. The third-order valence-electron chi connectivity index (χ3n) is 3.07. The van der Waals surface area contributed by atoms with E-state index in [1.54, 1.807) is 12.2 Å². The van der Waals surface area contributed by atoms with Crippen LogP contribution in [-0.2, 0) is 27.2 Å². The summed E-state index contributed by atoms with van der Waals surface area (Å²) in [5.74, 6) is 0. The SMILES string of the molecule is CCC/C=C(\C(=C/CCC)P(=O)(OC)OC)P(=O)(OC)OC. The number of hydrogen-bond donors (Lipinski definition) is 0. The summed E-state index contributed by atoms with van der Waals surface area (Å²) in [6.07, 6.45) is 6.40. The van der Waals surface area contributed by atoms with Crippen molar-refractivity contribution in [3.63, 3.8) is 0 Å². The number of rotatable bonds is 11. The van der Waals surface area contributed by atoms with E-state index < -0.39 is 15.2 Å². The Morgan fingerprint density at radius 1 is 0.727 bits per heavy atom. The van der Waals surface area contributed by atoms with Gasteiger partial charge in [-0.15, -0.1) is 0 Å². The lowest BCUT2D eigenvalue weighted by molar-refractivity contribution is 0.276. The van der Waals surface area contributed by atoms with Crippen LogP contribution in [0.3, 0.4) is 0 Å². The van der Waals surface area contributed by atoms with E-state index in [-0.39, 0.29) is 10.6 Å². The minimum Gasteiger partial charge on any atom is -0.309 e. The Morgan fingerprint density at radius 2 is 1.00 bits per heavy atom. The molecule has 0 N–H and O–H groups in total. The zero-order valence-electron chi connectivity index (χ0n) is 14.3. The van der Waals surface area contributed by atoms with Crippen molar-refractivity contribution in [1.29, 1.82) is 0 Å². The molecule has 0 aliphatic heterocycles. The largest absolute Gasteiger partial charge is 0.361 e. The molecule has 6 nitrogen and oxygen atoms in total. The summed E-state index contributed by atoms with van der Waals surface area (Å²) in [6.45, 7) is 3.97. The fraction of sp³-hybridized carbons (Fsp3) is 0.714. The molecule has 0 aliphatic carbocycles. The highest BCUT2D eigenvalue weighted by atomic mass is 31.2. The third kappa shape index (κ3) is 5.45. The first-order chi connectivity index (χ1) is 10.4. The Kier molecular flexibility index (Phi) is 10.4. The van der Waals surface area contributed by atoms with Crippen LogP contribution in [0.5, 0.6) is 0 Å². The molecular weight excluding hydrogens is 326 g/mol. The molecule has 0 amide bonds. The Balaban J connectivity index is 6.21. The van der Waals surface area contributed by atoms with Crippen molar-refractivity contribution in [2.45, 2.75) is 39.5 Å². The fourth-order valence-corrected chi connectivity index (χ4v) is 5.09. The summed E-state index contributed by atoms with van der Waals surface area (Å²) in [7, 11) is -1.97. The molecule has 130 valence electrons. The van der Waals surface area contributed by atoms with Crippen LogP contribution in [0.25, 0.3) is 0 Å². The van der Waals surface area contributed by atoms with Gasteiger partial charge in [0, 0.05) is 28.4 Å². The second-order valence-corrected chi connectivity index (χ2v) is 8.90. The molecule has 0 rings (SSSR count). The standard InChI is InChI=1S/C14H28O6P2/c1-7-9-11-13(21(15,17-3)18-4)14(12-10-8-2)22(16,19-5)20-6/h11-12H,7-10H2,1-6H3/b13-11+,14-12+. The van der Waals surface area contributed by atoms with E-state index in [2.05, 4.69) is 0 Å². The second kappa shape index (κ2) is 10.5. The molecule has 0 spiro atoms. The van der Waals surface area contributed by atoms with Crippen LogP contribution < -0.4 is 0 Å². The van der Waals surface area contributed by atoms with E-state index in [4.69, 9.17) is 18.1 Å². The topological polar surface area (TPSA) is 71.1 Å². The predicted octanol–water partition coefficient (Wildman–Crippen LogP) is 5.33. The lowest BCUT2D eigenvalue weighted by Gasteiger charge is -2.24. The summed E-state index contributed by atoms with van der Waals surface area (Å²) >= 11 is 0. The van der Waals surface area contributed by atoms with Crippen molar-refractivity contribution in [3.05, 3.63) is 22.8 Å². The molecule has 0 aromatic heterocycles. The normalized spacial score (nSPS) is 14.5. The Morgan fingerprint density at radius 3 is 1.18 bits per heavy atom. The number of allylic oxidation sites excluding steroid dienone is 4. The van der Waals surface area contributed by atoms with Crippen LogP contribution in [0.4, 0.5) is 0 Å². The summed E-state index contributed by atoms with van der Waals surface area (Å²) < 4.78 is 46.0. The first kappa shape index (κ1) is 21.8. The van der Waals surface area contributed by atoms with Crippen molar-refractivity contribution >= 4 is 15.2 Å². The summed E-state index contributed by atoms with van der Waals surface area (Å²) in [5.41, 5.74) is 0. The molecule has 0 radical (unpaired) electrons. The molecule has 0 heterocycles. The molecule has 8 heteroatoms. The second-order valence-electron chi connectivity index (χ2n) is 4.48. The number of unbranched alkanes of at least 4 members (excludes halogenated alkanes) is 2. The van der Waals surface area contributed by atoms with Crippen LogP contribution in [0.1, 0.15) is 39.5 Å². The highest BCUT2D eigenvalue weighted by molar-refractivity contribution is 7.64. The van der Waals surface area contributed by atoms with Crippen LogP contribution >= 0.6 is 15.2 Å². The van der Waals surface area contributed by atoms with Crippen molar-refractivity contribution < 1.29 is 27.2 Å². The highest BCUT2D eigenvalue weighted by Crippen LogP contribution is 2.68. The molecule has 0 saturated carbocycles. The fourth-order valence-electron chi connectivity index (χ4n) is 1.82. The molecule has 0 atom stereocenters. The van der Waals surface area contributed by atoms with Crippen LogP contribution in [0, 0.1) is 0 Å². The lowest BCUT2D eigenvalue weighted by Crippen LogP contribution is -2.02. The molecule has 0 unspecified atom stereocenters. The van der Waals surface area contributed by atoms with E-state index in [0.29, 0.717) is 12.8 Å². The molecule has 0 fully saturated rings. The first-order valence-electron chi connectivity index (χ1n) is 7.23. The highest BCUT2D eigenvalue weighted by Gasteiger charge is 2.39. The van der Waals surface area contributed by atoms with Gasteiger partial charge in [-0.1, -0.05) is 38.8 Å². The zero-order valence-corrected chi connectivity index (χ0v) is 16.1. The average Bonchev–Trinajstić information content (AvgIpc) is 2.56. The molecule has 0 bridgehead atoms. The van der Waals surface area contributed by atoms with Gasteiger partial charge in [0.25, 0.3) is 0 Å². The van der Waals surface area contributed by atoms with Gasteiger partial charge >= 0.3 is 15.2 Å². The predicted molar refractivity (Wildman–Crippen MR) is 89.2 cm³/mol. The van der Waals surface area contributed by atoms with E-state index in [1.807, 2.05) is 13.8 Å². The summed E-state index contributed by atoms with van der Waals surface area (Å²) in [6, 6.07) is 0. The monoisotopic (exact) mass is 354 g/mol. The third-order valence-corrected chi connectivity index (χ3v) is 7.19. The van der Waals surface area contributed by atoms with Gasteiger partial charge in [-0.2, -0.15) is 0 Å². The van der Waals surface area contributed by atoms with Crippen molar-refractivity contribution in [3.8, 4) is 0 Å². The Labute approximate surface area is 133 Å². The van der Waals surface area contributed by atoms with Gasteiger partial charge in [0.1, 0.15) is 0 Å². The lowest BCUT2D eigenvalue weighted by atomic mass is 10.2. The number of hydrogen-bond acceptors (Lipinski definition) is 6. The van der Waals surface area contributed by atoms with E-state index in [9.17, 15) is 9.13 Å². The first-order valence-corrected chi connectivity index (χ1v) is 10.3. The van der Waals surface area contributed by atoms with Gasteiger partial charge in [-0.3, -0.25) is 9.13 Å². The Hall–Kier alpha value is -0.220. The van der Waals surface area contributed by atoms with Crippen molar-refractivity contribution in [2.24, 2.45) is 0 Å². The Bertz CT molecular complexity index is 424. The quantitative estimate of drug-likeness (QED) is 0.369. The van der Waals surface area contributed by atoms with Gasteiger partial charge in [-0.25, -0.2) is 0 Å². The molecule has 0 aromatic rings. The van der Waals surface area contributed by atoms with E-state index in [1.165, 1.54) is 28.4 Å². The maximum Gasteiger partial charge on any atom is 0.361 e. The molecule has 0 aromatic carbocycles. The van der Waals surface area contributed by atoms with Gasteiger partial charge < -0.3 is 18.1 Å². The van der Waals surface area contributed by atoms with Gasteiger partial charge in [0.2, 0.25) is 0 Å².